The quantitative estimate of drug-likeness (QED) is 0.724. The number of nitrogens with one attached hydrogen (secondary N) is 2. The average molecular weight is 353 g/mol. The highest BCUT2D eigenvalue weighted by atomic mass is 16.5. The van der Waals surface area contributed by atoms with Crippen LogP contribution in [0.25, 0.3) is 22.3 Å². The van der Waals surface area contributed by atoms with Crippen molar-refractivity contribution in [2.45, 2.75) is 26.0 Å². The molecule has 4 heterocycles. The van der Waals surface area contributed by atoms with E-state index in [9.17, 15) is 0 Å². The lowest BCUT2D eigenvalue weighted by Crippen LogP contribution is -2.42. The maximum absolute atomic E-state index is 5.75. The average Bonchev–Trinajstić information content (AvgIpc) is 3.17. The van der Waals surface area contributed by atoms with E-state index in [0.717, 1.165) is 47.8 Å². The molecule has 0 spiro atoms. The second-order valence-electron chi connectivity index (χ2n) is 6.66. The molecule has 1 unspecified atom stereocenters. The highest BCUT2D eigenvalue weighted by Gasteiger charge is 2.16. The Labute approximate surface area is 152 Å². The Morgan fingerprint density at radius 3 is 3.00 bits per heavy atom. The fourth-order valence-corrected chi connectivity index (χ4v) is 2.96. The fraction of sp³-hybridized carbons (Fsp3) is 0.444. The molecule has 8 nitrogen and oxygen atoms in total. The van der Waals surface area contributed by atoms with Gasteiger partial charge in [-0.1, -0.05) is 0 Å². The summed E-state index contributed by atoms with van der Waals surface area (Å²) in [6.45, 7) is 7.33. The van der Waals surface area contributed by atoms with Crippen LogP contribution in [0.1, 0.15) is 19.9 Å². The minimum Gasteiger partial charge on any atom is -0.374 e. The predicted molar refractivity (Wildman–Crippen MR) is 100 cm³/mol. The summed E-state index contributed by atoms with van der Waals surface area (Å²) in [6, 6.07) is 2.26. The molecule has 1 saturated heterocycles. The first-order chi connectivity index (χ1) is 12.7. The van der Waals surface area contributed by atoms with Gasteiger partial charge in [0.2, 0.25) is 0 Å². The van der Waals surface area contributed by atoms with Gasteiger partial charge in [0.25, 0.3) is 0 Å². The number of rotatable bonds is 5. The van der Waals surface area contributed by atoms with E-state index in [0.29, 0.717) is 12.6 Å². The Morgan fingerprint density at radius 2 is 2.23 bits per heavy atom. The van der Waals surface area contributed by atoms with E-state index < -0.39 is 0 Å². The van der Waals surface area contributed by atoms with E-state index in [1.54, 1.807) is 12.4 Å². The first-order valence-electron chi connectivity index (χ1n) is 8.93. The Kier molecular flexibility index (Phi) is 4.77. The molecule has 0 saturated carbocycles. The third-order valence-electron chi connectivity index (χ3n) is 4.38. The third kappa shape index (κ3) is 3.51. The standard InChI is InChI=1S/C18H23N7O/c1-12(2)25-11-13(8-23-25)15-7-16-17(21-4-3-20-16)18(24-15)22-10-14-9-19-5-6-26-14/h3-4,7-8,11-12,14,19H,5-6,9-10H2,1-2H3,(H,22,24). The van der Waals surface area contributed by atoms with Crippen molar-refractivity contribution in [2.24, 2.45) is 0 Å². The molecule has 4 rings (SSSR count). The van der Waals surface area contributed by atoms with Gasteiger partial charge in [0.15, 0.2) is 5.82 Å². The maximum atomic E-state index is 5.75. The largest absolute Gasteiger partial charge is 0.374 e. The van der Waals surface area contributed by atoms with Gasteiger partial charge in [-0.3, -0.25) is 9.67 Å². The summed E-state index contributed by atoms with van der Waals surface area (Å²) in [5, 5.41) is 11.1. The summed E-state index contributed by atoms with van der Waals surface area (Å²) in [5.41, 5.74) is 3.36. The van der Waals surface area contributed by atoms with Crippen molar-refractivity contribution in [3.63, 3.8) is 0 Å². The minimum atomic E-state index is 0.115. The van der Waals surface area contributed by atoms with Gasteiger partial charge in [0, 0.05) is 49.8 Å². The number of fused-ring (bicyclic) bond motifs is 1. The van der Waals surface area contributed by atoms with Gasteiger partial charge >= 0.3 is 0 Å². The summed E-state index contributed by atoms with van der Waals surface area (Å²) in [5.74, 6) is 0.720. The van der Waals surface area contributed by atoms with E-state index in [4.69, 9.17) is 9.72 Å². The molecular formula is C18H23N7O. The van der Waals surface area contributed by atoms with Crippen LogP contribution in [-0.2, 0) is 4.74 Å². The monoisotopic (exact) mass is 353 g/mol. The van der Waals surface area contributed by atoms with Gasteiger partial charge in [-0.25, -0.2) is 9.97 Å². The molecule has 26 heavy (non-hydrogen) atoms. The second kappa shape index (κ2) is 7.35. The van der Waals surface area contributed by atoms with Crippen LogP contribution in [0.5, 0.6) is 0 Å². The summed E-state index contributed by atoms with van der Waals surface area (Å²) >= 11 is 0. The molecule has 0 aromatic carbocycles. The Bertz CT molecular complexity index is 886. The molecule has 0 bridgehead atoms. The van der Waals surface area contributed by atoms with Crippen LogP contribution in [0.15, 0.2) is 30.9 Å². The van der Waals surface area contributed by atoms with Crippen molar-refractivity contribution in [2.75, 3.05) is 31.6 Å². The third-order valence-corrected chi connectivity index (χ3v) is 4.38. The molecule has 3 aromatic heterocycles. The van der Waals surface area contributed by atoms with Gasteiger partial charge in [0.1, 0.15) is 5.52 Å². The number of hydrogen-bond acceptors (Lipinski definition) is 7. The van der Waals surface area contributed by atoms with Crippen LogP contribution in [0.4, 0.5) is 5.82 Å². The SMILES string of the molecule is CC(C)n1cc(-c2cc3nccnc3c(NCC3CNCCO3)n2)cn1. The van der Waals surface area contributed by atoms with E-state index >= 15 is 0 Å². The normalized spacial score (nSPS) is 17.7. The van der Waals surface area contributed by atoms with Crippen LogP contribution >= 0.6 is 0 Å². The van der Waals surface area contributed by atoms with Gasteiger partial charge in [-0.2, -0.15) is 5.10 Å². The molecule has 1 aliphatic rings. The van der Waals surface area contributed by atoms with Crippen LogP contribution in [0.2, 0.25) is 0 Å². The molecule has 0 radical (unpaired) electrons. The van der Waals surface area contributed by atoms with Crippen molar-refractivity contribution < 1.29 is 4.74 Å². The van der Waals surface area contributed by atoms with Crippen LogP contribution in [-0.4, -0.2) is 57.1 Å². The van der Waals surface area contributed by atoms with Crippen LogP contribution in [0.3, 0.4) is 0 Å². The zero-order chi connectivity index (χ0) is 17.9. The van der Waals surface area contributed by atoms with E-state index in [1.807, 2.05) is 23.1 Å². The number of hydrogen-bond donors (Lipinski definition) is 2. The number of morpholine rings is 1. The summed E-state index contributed by atoms with van der Waals surface area (Å²) in [6.07, 6.45) is 7.34. The van der Waals surface area contributed by atoms with Crippen molar-refractivity contribution in [3.8, 4) is 11.3 Å². The summed E-state index contributed by atoms with van der Waals surface area (Å²) in [7, 11) is 0. The second-order valence-corrected chi connectivity index (χ2v) is 6.66. The Hall–Kier alpha value is -2.58. The van der Waals surface area contributed by atoms with Crippen molar-refractivity contribution in [3.05, 3.63) is 30.9 Å². The van der Waals surface area contributed by atoms with Gasteiger partial charge in [-0.05, 0) is 19.9 Å². The van der Waals surface area contributed by atoms with Crippen LogP contribution in [0, 0.1) is 0 Å². The molecule has 1 atom stereocenters. The Morgan fingerprint density at radius 1 is 1.35 bits per heavy atom. The highest BCUT2D eigenvalue weighted by Crippen LogP contribution is 2.25. The van der Waals surface area contributed by atoms with Crippen LogP contribution < -0.4 is 10.6 Å². The molecule has 8 heteroatoms. The molecule has 2 N–H and O–H groups in total. The van der Waals surface area contributed by atoms with Gasteiger partial charge in [0.05, 0.1) is 30.1 Å². The maximum Gasteiger partial charge on any atom is 0.154 e. The molecule has 1 fully saturated rings. The minimum absolute atomic E-state index is 0.115. The first kappa shape index (κ1) is 16.9. The van der Waals surface area contributed by atoms with Crippen molar-refractivity contribution in [1.29, 1.82) is 0 Å². The lowest BCUT2D eigenvalue weighted by Gasteiger charge is -2.24. The Balaban J connectivity index is 1.65. The highest BCUT2D eigenvalue weighted by molar-refractivity contribution is 5.88. The lowest BCUT2D eigenvalue weighted by atomic mass is 10.2. The zero-order valence-electron chi connectivity index (χ0n) is 15.0. The smallest absolute Gasteiger partial charge is 0.154 e. The summed E-state index contributed by atoms with van der Waals surface area (Å²) < 4.78 is 7.68. The van der Waals surface area contributed by atoms with Crippen molar-refractivity contribution >= 4 is 16.9 Å². The molecule has 3 aromatic rings. The molecule has 1 aliphatic heterocycles. The topological polar surface area (TPSA) is 89.8 Å². The van der Waals surface area contributed by atoms with Gasteiger partial charge in [-0.15, -0.1) is 0 Å². The van der Waals surface area contributed by atoms with E-state index in [-0.39, 0.29) is 6.10 Å². The lowest BCUT2D eigenvalue weighted by molar-refractivity contribution is 0.0372. The number of aromatic nitrogens is 5. The molecule has 0 amide bonds. The van der Waals surface area contributed by atoms with Crippen molar-refractivity contribution in [1.82, 2.24) is 30.0 Å². The molecular weight excluding hydrogens is 330 g/mol. The number of nitrogens with zero attached hydrogens (tertiary/aromatic N) is 5. The summed E-state index contributed by atoms with van der Waals surface area (Å²) in [4.78, 5) is 13.7. The fourth-order valence-electron chi connectivity index (χ4n) is 2.96. The number of anilines is 1. The first-order valence-corrected chi connectivity index (χ1v) is 8.93. The molecule has 136 valence electrons. The predicted octanol–water partition coefficient (Wildman–Crippen LogP) is 1.87. The number of pyridine rings is 1. The van der Waals surface area contributed by atoms with E-state index in [2.05, 4.69) is 39.5 Å². The zero-order valence-corrected chi connectivity index (χ0v) is 15.0. The van der Waals surface area contributed by atoms with Gasteiger partial charge < -0.3 is 15.4 Å². The molecule has 0 aliphatic carbocycles. The number of ether oxygens (including phenoxy) is 1. The van der Waals surface area contributed by atoms with E-state index in [1.165, 1.54) is 0 Å².